The second kappa shape index (κ2) is 12.8. The zero-order valence-electron chi connectivity index (χ0n) is 27.4. The standard InChI is InChI=1S/C48H33NO/c1-2-10-34(11-3-1)36-20-26-42(27-21-36)49(43-28-22-37(23-29-43)40-19-18-35-12-4-5-13-39(35)32-40)44-30-24-38(25-31-44)45-15-7-8-16-46(45)48-33-41-14-6-9-17-47(41)50-48/h1-33H. The van der Waals surface area contributed by atoms with Gasteiger partial charge in [-0.25, -0.2) is 0 Å². The van der Waals surface area contributed by atoms with Crippen LogP contribution in [0.4, 0.5) is 17.1 Å². The molecule has 9 aromatic rings. The molecule has 0 fully saturated rings. The number of benzene rings is 8. The summed E-state index contributed by atoms with van der Waals surface area (Å²) in [5.41, 5.74) is 12.3. The second-order valence-corrected chi connectivity index (χ2v) is 12.6. The maximum absolute atomic E-state index is 6.29. The Kier molecular flexibility index (Phi) is 7.53. The molecule has 9 rings (SSSR count). The van der Waals surface area contributed by atoms with Crippen LogP contribution in [0.3, 0.4) is 0 Å². The van der Waals surface area contributed by atoms with Crippen LogP contribution in [0.1, 0.15) is 0 Å². The molecule has 0 saturated carbocycles. The molecule has 0 N–H and O–H groups in total. The van der Waals surface area contributed by atoms with E-state index in [9.17, 15) is 0 Å². The highest BCUT2D eigenvalue weighted by atomic mass is 16.3. The van der Waals surface area contributed by atoms with Crippen molar-refractivity contribution in [1.82, 2.24) is 0 Å². The first-order valence-corrected chi connectivity index (χ1v) is 17.0. The number of furan rings is 1. The van der Waals surface area contributed by atoms with E-state index in [0.717, 1.165) is 50.5 Å². The largest absolute Gasteiger partial charge is 0.456 e. The van der Waals surface area contributed by atoms with Gasteiger partial charge in [0.2, 0.25) is 0 Å². The second-order valence-electron chi connectivity index (χ2n) is 12.6. The lowest BCUT2D eigenvalue weighted by Gasteiger charge is -2.26. The van der Waals surface area contributed by atoms with Gasteiger partial charge in [0.25, 0.3) is 0 Å². The minimum atomic E-state index is 0.873. The number of rotatable bonds is 7. The molecule has 0 atom stereocenters. The Morgan fingerprint density at radius 2 is 0.780 bits per heavy atom. The summed E-state index contributed by atoms with van der Waals surface area (Å²) in [7, 11) is 0. The molecular weight excluding hydrogens is 607 g/mol. The van der Waals surface area contributed by atoms with Crippen molar-refractivity contribution in [2.24, 2.45) is 0 Å². The molecule has 0 amide bonds. The zero-order chi connectivity index (χ0) is 33.3. The summed E-state index contributed by atoms with van der Waals surface area (Å²) < 4.78 is 6.29. The lowest BCUT2D eigenvalue weighted by molar-refractivity contribution is 0.632. The predicted octanol–water partition coefficient (Wildman–Crippen LogP) is 13.7. The average Bonchev–Trinajstić information content (AvgIpc) is 3.64. The highest BCUT2D eigenvalue weighted by Gasteiger charge is 2.16. The summed E-state index contributed by atoms with van der Waals surface area (Å²) in [6.07, 6.45) is 0. The average molecular weight is 640 g/mol. The maximum atomic E-state index is 6.29. The molecule has 1 heterocycles. The van der Waals surface area contributed by atoms with Crippen LogP contribution in [0.2, 0.25) is 0 Å². The molecule has 0 aliphatic rings. The van der Waals surface area contributed by atoms with Gasteiger partial charge in [0.05, 0.1) is 0 Å². The van der Waals surface area contributed by atoms with E-state index in [1.54, 1.807) is 0 Å². The topological polar surface area (TPSA) is 16.4 Å². The molecule has 0 bridgehead atoms. The van der Waals surface area contributed by atoms with Gasteiger partial charge in [-0.1, -0.05) is 146 Å². The van der Waals surface area contributed by atoms with Crippen molar-refractivity contribution >= 4 is 38.8 Å². The minimum absolute atomic E-state index is 0.873. The van der Waals surface area contributed by atoms with E-state index in [0.29, 0.717) is 0 Å². The van der Waals surface area contributed by atoms with Gasteiger partial charge in [-0.05, 0) is 98.8 Å². The summed E-state index contributed by atoms with van der Waals surface area (Å²) in [6, 6.07) is 71.1. The van der Waals surface area contributed by atoms with Crippen LogP contribution in [-0.2, 0) is 0 Å². The first kappa shape index (κ1) is 29.5. The summed E-state index contributed by atoms with van der Waals surface area (Å²) in [5, 5.41) is 3.60. The van der Waals surface area contributed by atoms with E-state index in [4.69, 9.17) is 4.42 Å². The lowest BCUT2D eigenvalue weighted by Crippen LogP contribution is -2.09. The summed E-state index contributed by atoms with van der Waals surface area (Å²) >= 11 is 0. The number of hydrogen-bond acceptors (Lipinski definition) is 2. The van der Waals surface area contributed by atoms with Crippen molar-refractivity contribution in [1.29, 1.82) is 0 Å². The van der Waals surface area contributed by atoms with Gasteiger partial charge in [0.15, 0.2) is 0 Å². The van der Waals surface area contributed by atoms with E-state index >= 15 is 0 Å². The fourth-order valence-corrected chi connectivity index (χ4v) is 6.91. The van der Waals surface area contributed by atoms with Gasteiger partial charge < -0.3 is 9.32 Å². The van der Waals surface area contributed by atoms with Crippen LogP contribution >= 0.6 is 0 Å². The van der Waals surface area contributed by atoms with Crippen molar-refractivity contribution in [2.45, 2.75) is 0 Å². The molecule has 8 aromatic carbocycles. The van der Waals surface area contributed by atoms with Gasteiger partial charge in [0.1, 0.15) is 11.3 Å². The monoisotopic (exact) mass is 639 g/mol. The van der Waals surface area contributed by atoms with Gasteiger partial charge in [-0.3, -0.25) is 0 Å². The van der Waals surface area contributed by atoms with Crippen LogP contribution in [0, 0.1) is 0 Å². The van der Waals surface area contributed by atoms with E-state index in [-0.39, 0.29) is 0 Å². The van der Waals surface area contributed by atoms with Gasteiger partial charge in [-0.2, -0.15) is 0 Å². The summed E-state index contributed by atoms with van der Waals surface area (Å²) in [4.78, 5) is 2.33. The Morgan fingerprint density at radius 1 is 0.300 bits per heavy atom. The fourth-order valence-electron chi connectivity index (χ4n) is 6.91. The number of nitrogens with zero attached hydrogens (tertiary/aromatic N) is 1. The van der Waals surface area contributed by atoms with Crippen LogP contribution in [0.25, 0.3) is 66.4 Å². The molecule has 1 aromatic heterocycles. The third-order valence-corrected chi connectivity index (χ3v) is 9.50. The highest BCUT2D eigenvalue weighted by molar-refractivity contribution is 5.90. The van der Waals surface area contributed by atoms with Crippen molar-refractivity contribution in [2.75, 3.05) is 4.90 Å². The molecule has 0 unspecified atom stereocenters. The molecule has 0 radical (unpaired) electrons. The Hall–Kier alpha value is -6.64. The normalized spacial score (nSPS) is 11.2. The van der Waals surface area contributed by atoms with Crippen molar-refractivity contribution < 1.29 is 4.42 Å². The Labute approximate surface area is 292 Å². The molecule has 0 spiro atoms. The van der Waals surface area contributed by atoms with E-state index in [1.807, 2.05) is 18.2 Å². The molecule has 50 heavy (non-hydrogen) atoms. The Morgan fingerprint density at radius 3 is 1.44 bits per heavy atom. The third kappa shape index (κ3) is 5.63. The van der Waals surface area contributed by atoms with Crippen molar-refractivity contribution in [3.05, 3.63) is 200 Å². The van der Waals surface area contributed by atoms with Crippen LogP contribution < -0.4 is 4.90 Å². The Bertz CT molecular complexity index is 2530. The third-order valence-electron chi connectivity index (χ3n) is 9.50. The number of hydrogen-bond donors (Lipinski definition) is 0. The summed E-state index contributed by atoms with van der Waals surface area (Å²) in [5.74, 6) is 0.873. The molecule has 0 aliphatic heterocycles. The summed E-state index contributed by atoms with van der Waals surface area (Å²) in [6.45, 7) is 0. The van der Waals surface area contributed by atoms with Gasteiger partial charge in [-0.15, -0.1) is 0 Å². The molecule has 0 aliphatic carbocycles. The van der Waals surface area contributed by atoms with Crippen LogP contribution in [0.15, 0.2) is 205 Å². The predicted molar refractivity (Wildman–Crippen MR) is 210 cm³/mol. The quantitative estimate of drug-likeness (QED) is 0.173. The van der Waals surface area contributed by atoms with E-state index < -0.39 is 0 Å². The minimum Gasteiger partial charge on any atom is -0.456 e. The lowest BCUT2D eigenvalue weighted by atomic mass is 9.97. The number of fused-ring (bicyclic) bond motifs is 2. The van der Waals surface area contributed by atoms with Gasteiger partial charge in [0, 0.05) is 28.0 Å². The highest BCUT2D eigenvalue weighted by Crippen LogP contribution is 2.40. The van der Waals surface area contributed by atoms with E-state index in [2.05, 4.69) is 187 Å². The first-order chi connectivity index (χ1) is 24.8. The molecule has 2 nitrogen and oxygen atoms in total. The SMILES string of the molecule is c1ccc(-c2ccc(N(c3ccc(-c4ccc5ccccc5c4)cc3)c3ccc(-c4ccccc4-c4cc5ccccc5o4)cc3)cc2)cc1. The molecule has 2 heteroatoms. The maximum Gasteiger partial charge on any atom is 0.136 e. The molecular formula is C48H33NO. The van der Waals surface area contributed by atoms with Crippen molar-refractivity contribution in [3.8, 4) is 44.7 Å². The van der Waals surface area contributed by atoms with Crippen LogP contribution in [-0.4, -0.2) is 0 Å². The first-order valence-electron chi connectivity index (χ1n) is 17.0. The Balaban J connectivity index is 1.09. The number of anilines is 3. The molecule has 236 valence electrons. The van der Waals surface area contributed by atoms with Gasteiger partial charge >= 0.3 is 0 Å². The van der Waals surface area contributed by atoms with E-state index in [1.165, 1.54) is 33.0 Å². The molecule has 0 saturated heterocycles. The zero-order valence-corrected chi connectivity index (χ0v) is 27.4. The number of para-hydroxylation sites is 1. The van der Waals surface area contributed by atoms with Crippen LogP contribution in [0.5, 0.6) is 0 Å². The smallest absolute Gasteiger partial charge is 0.136 e. The fraction of sp³-hybridized carbons (Fsp3) is 0. The van der Waals surface area contributed by atoms with Crippen molar-refractivity contribution in [3.63, 3.8) is 0 Å².